The number of rotatable bonds is 11. The van der Waals surface area contributed by atoms with E-state index in [-0.39, 0.29) is 17.9 Å². The Balaban J connectivity index is 0.00000121. The molecule has 1 saturated carbocycles. The highest BCUT2D eigenvalue weighted by Crippen LogP contribution is 2.48. The number of unbranched alkanes of at least 4 members (excludes halogenated alkanes) is 1. The predicted octanol–water partition coefficient (Wildman–Crippen LogP) is 11.8. The number of nitrogens with one attached hydrogen (secondary N) is 2. The number of anilines is 2. The second kappa shape index (κ2) is 22.2. The summed E-state index contributed by atoms with van der Waals surface area (Å²) < 4.78 is 0. The number of allylic oxidation sites excluding steroid dienone is 4. The highest BCUT2D eigenvalue weighted by atomic mass is 16.2. The summed E-state index contributed by atoms with van der Waals surface area (Å²) in [6, 6.07) is 8.31. The summed E-state index contributed by atoms with van der Waals surface area (Å²) in [7, 11) is 1.62. The van der Waals surface area contributed by atoms with E-state index in [0.29, 0.717) is 17.3 Å². The van der Waals surface area contributed by atoms with E-state index >= 15 is 0 Å². The summed E-state index contributed by atoms with van der Waals surface area (Å²) >= 11 is 0. The fourth-order valence-corrected chi connectivity index (χ4v) is 5.72. The molecule has 52 heavy (non-hydrogen) atoms. The van der Waals surface area contributed by atoms with Crippen LogP contribution in [0.25, 0.3) is 5.57 Å². The maximum Gasteiger partial charge on any atom is 0.251 e. The van der Waals surface area contributed by atoms with Gasteiger partial charge in [-0.3, -0.25) is 14.6 Å². The topological polar surface area (TPSA) is 86.7 Å². The van der Waals surface area contributed by atoms with Crippen molar-refractivity contribution in [2.24, 2.45) is 16.8 Å². The highest BCUT2D eigenvalue weighted by molar-refractivity contribution is 6.08. The van der Waals surface area contributed by atoms with E-state index in [1.807, 2.05) is 67.7 Å². The van der Waals surface area contributed by atoms with E-state index in [9.17, 15) is 9.59 Å². The Hall–Kier alpha value is -4.00. The third-order valence-corrected chi connectivity index (χ3v) is 9.27. The maximum atomic E-state index is 13.5. The molecular weight excluding hydrogens is 643 g/mol. The third kappa shape index (κ3) is 12.3. The molecule has 288 valence electrons. The first-order chi connectivity index (χ1) is 24.6. The minimum atomic E-state index is -0.539. The molecule has 4 rings (SSSR count). The van der Waals surface area contributed by atoms with Crippen LogP contribution < -0.4 is 15.5 Å². The Kier molecular flexibility index (Phi) is 19.6. The largest absolute Gasteiger partial charge is 0.355 e. The van der Waals surface area contributed by atoms with Gasteiger partial charge in [-0.2, -0.15) is 0 Å². The molecule has 0 atom stereocenters. The number of aliphatic imine (C=N–C) groups is 1. The van der Waals surface area contributed by atoms with Gasteiger partial charge in [-0.1, -0.05) is 100 Å². The number of aryl methyl sites for hydroxylation is 1. The third-order valence-electron chi connectivity index (χ3n) is 9.27. The van der Waals surface area contributed by atoms with Gasteiger partial charge < -0.3 is 15.5 Å². The van der Waals surface area contributed by atoms with Gasteiger partial charge in [-0.25, -0.2) is 4.98 Å². The molecule has 0 radical (unpaired) electrons. The van der Waals surface area contributed by atoms with Crippen molar-refractivity contribution in [3.05, 3.63) is 82.3 Å². The second-order valence-corrected chi connectivity index (χ2v) is 14.8. The summed E-state index contributed by atoms with van der Waals surface area (Å²) in [4.78, 5) is 37.1. The molecule has 0 unspecified atom stereocenters. The van der Waals surface area contributed by atoms with Crippen LogP contribution in [0.2, 0.25) is 0 Å². The number of nitrogens with zero attached hydrogens (tertiary/aromatic N) is 3. The summed E-state index contributed by atoms with van der Waals surface area (Å²) in [6.45, 7) is 33.4. The molecule has 7 nitrogen and oxygen atoms in total. The standard InChI is InChI=1S/C35H45N5O2.2C4H10.C2H6/c1-10-14-37-30(23(5)24(6)39-32-19-28(33(41)36-9)22(4)20-38-32)15-21(3)26-12-13-29-31(18-26)40(34(42)35(29,7)8)27-16-25(11-2)17-27;1-4(2)3;1-3-4-2;1-2/h12-15,18-20,25,27H,3,10-11,16-17H2,1-2,4-9H3,(H,36,41)(H,38,39);4H,1-3H3;3-4H2,1-2H3;1-2H3/b24-23+,30-15+,37-14?;;;. The van der Waals surface area contributed by atoms with E-state index in [4.69, 9.17) is 4.99 Å². The van der Waals surface area contributed by atoms with Gasteiger partial charge in [0, 0.05) is 42.4 Å². The fraction of sp³-hybridized carbons (Fsp3) is 0.556. The number of benzene rings is 1. The normalized spacial score (nSPS) is 17.7. The van der Waals surface area contributed by atoms with E-state index in [0.717, 1.165) is 76.5 Å². The average molecular weight is 714 g/mol. The lowest BCUT2D eigenvalue weighted by Gasteiger charge is -2.41. The Morgan fingerprint density at radius 3 is 2.19 bits per heavy atom. The van der Waals surface area contributed by atoms with Crippen molar-refractivity contribution in [1.29, 1.82) is 0 Å². The van der Waals surface area contributed by atoms with E-state index in [1.165, 1.54) is 12.8 Å². The first-order valence-electron chi connectivity index (χ1n) is 19.6. The van der Waals surface area contributed by atoms with Gasteiger partial charge in [-0.05, 0) is 112 Å². The molecule has 0 spiro atoms. The monoisotopic (exact) mass is 714 g/mol. The Morgan fingerprint density at radius 2 is 1.67 bits per heavy atom. The lowest BCUT2D eigenvalue weighted by Crippen LogP contribution is -2.49. The summed E-state index contributed by atoms with van der Waals surface area (Å²) in [5.74, 6) is 2.16. The van der Waals surface area contributed by atoms with Crippen molar-refractivity contribution in [3.63, 3.8) is 0 Å². The van der Waals surface area contributed by atoms with Crippen molar-refractivity contribution in [2.45, 2.75) is 147 Å². The Labute approximate surface area is 317 Å². The smallest absolute Gasteiger partial charge is 0.251 e. The number of hydrogen-bond acceptors (Lipinski definition) is 5. The van der Waals surface area contributed by atoms with Gasteiger partial charge in [0.1, 0.15) is 5.82 Å². The number of amides is 2. The number of hydrogen-bond donors (Lipinski definition) is 2. The minimum absolute atomic E-state index is 0.152. The van der Waals surface area contributed by atoms with Gasteiger partial charge >= 0.3 is 0 Å². The first kappa shape index (κ1) is 46.0. The van der Waals surface area contributed by atoms with Crippen LogP contribution in [-0.4, -0.2) is 36.1 Å². The number of aromatic nitrogens is 1. The first-order valence-corrected chi connectivity index (χ1v) is 19.6. The minimum Gasteiger partial charge on any atom is -0.355 e. The van der Waals surface area contributed by atoms with Crippen molar-refractivity contribution < 1.29 is 9.59 Å². The molecule has 1 fully saturated rings. The highest BCUT2D eigenvalue weighted by Gasteiger charge is 2.49. The molecule has 1 aromatic heterocycles. The van der Waals surface area contributed by atoms with Gasteiger partial charge in [-0.15, -0.1) is 0 Å². The molecule has 2 heterocycles. The molecule has 2 aliphatic rings. The zero-order valence-electron chi connectivity index (χ0n) is 35.4. The maximum absolute atomic E-state index is 13.5. The zero-order valence-corrected chi connectivity index (χ0v) is 35.4. The van der Waals surface area contributed by atoms with Crippen molar-refractivity contribution in [3.8, 4) is 0 Å². The summed E-state index contributed by atoms with van der Waals surface area (Å²) in [6.07, 6.45) is 12.3. The zero-order chi connectivity index (χ0) is 39.8. The van der Waals surface area contributed by atoms with Crippen LogP contribution in [0.3, 0.4) is 0 Å². The molecule has 1 aromatic carbocycles. The van der Waals surface area contributed by atoms with Gasteiger partial charge in [0.05, 0.1) is 11.1 Å². The van der Waals surface area contributed by atoms with Gasteiger partial charge in [0.25, 0.3) is 5.91 Å². The Morgan fingerprint density at radius 1 is 1.08 bits per heavy atom. The van der Waals surface area contributed by atoms with Crippen LogP contribution in [-0.2, 0) is 10.2 Å². The molecule has 1 aliphatic carbocycles. The van der Waals surface area contributed by atoms with Crippen molar-refractivity contribution >= 4 is 35.1 Å². The van der Waals surface area contributed by atoms with Crippen LogP contribution in [0.5, 0.6) is 0 Å². The van der Waals surface area contributed by atoms with Crippen LogP contribution >= 0.6 is 0 Å². The number of pyridine rings is 1. The molecule has 1 aliphatic heterocycles. The number of fused-ring (bicyclic) bond motifs is 1. The molecule has 2 amide bonds. The van der Waals surface area contributed by atoms with Gasteiger partial charge in [0.15, 0.2) is 0 Å². The van der Waals surface area contributed by atoms with Gasteiger partial charge in [0.2, 0.25) is 5.91 Å². The quantitative estimate of drug-likeness (QED) is 0.179. The van der Waals surface area contributed by atoms with Crippen molar-refractivity contribution in [2.75, 3.05) is 17.3 Å². The number of carbonyl (C=O) groups is 2. The van der Waals surface area contributed by atoms with Crippen LogP contribution in [0.4, 0.5) is 11.5 Å². The summed E-state index contributed by atoms with van der Waals surface area (Å²) in [5, 5.41) is 6.03. The summed E-state index contributed by atoms with van der Waals surface area (Å²) in [5.41, 5.74) is 7.30. The Bertz CT molecular complexity index is 1570. The van der Waals surface area contributed by atoms with E-state index in [2.05, 4.69) is 86.8 Å². The van der Waals surface area contributed by atoms with E-state index < -0.39 is 5.41 Å². The lowest BCUT2D eigenvalue weighted by molar-refractivity contribution is -0.123. The van der Waals surface area contributed by atoms with Crippen LogP contribution in [0, 0.1) is 18.8 Å². The molecule has 2 aromatic rings. The molecule has 7 heteroatoms. The fourth-order valence-electron chi connectivity index (χ4n) is 5.72. The molecule has 0 saturated heterocycles. The average Bonchev–Trinajstić information content (AvgIpc) is 3.30. The molecule has 2 N–H and O–H groups in total. The van der Waals surface area contributed by atoms with Crippen molar-refractivity contribution in [1.82, 2.24) is 10.3 Å². The molecule has 0 bridgehead atoms. The van der Waals surface area contributed by atoms with Crippen LogP contribution in [0.15, 0.2) is 65.1 Å². The van der Waals surface area contributed by atoms with E-state index in [1.54, 1.807) is 19.3 Å². The number of carbonyl (C=O) groups excluding carboxylic acids is 2. The second-order valence-electron chi connectivity index (χ2n) is 14.8. The predicted molar refractivity (Wildman–Crippen MR) is 226 cm³/mol. The lowest BCUT2D eigenvalue weighted by atomic mass is 9.77. The molecular formula is C45H71N5O2. The van der Waals surface area contributed by atoms with Crippen LogP contribution in [0.1, 0.15) is 156 Å². The SMILES string of the molecule is C=C(/C=C(N=CCC)\C(C)=C(/C)Nc1cc(C(=O)NC)c(C)cn1)c1ccc2c(c1)N(C1CC(CC)C1)C(=O)C2(C)C.CC.CC(C)C.CCCC.